The van der Waals surface area contributed by atoms with Crippen molar-refractivity contribution in [1.29, 1.82) is 0 Å². The third-order valence-corrected chi connectivity index (χ3v) is 5.47. The highest BCUT2D eigenvalue weighted by Crippen LogP contribution is 2.24. The average Bonchev–Trinajstić information content (AvgIpc) is 3.04. The number of hydrogen-bond acceptors (Lipinski definition) is 5. The fourth-order valence-corrected chi connectivity index (χ4v) is 3.58. The zero-order chi connectivity index (χ0) is 20.6. The van der Waals surface area contributed by atoms with Crippen LogP contribution < -0.4 is 10.6 Å². The van der Waals surface area contributed by atoms with Gasteiger partial charge in [-0.25, -0.2) is 0 Å². The molecule has 2 aromatic carbocycles. The lowest BCUT2D eigenvalue weighted by atomic mass is 10.2. The third-order valence-electron chi connectivity index (χ3n) is 3.99. The minimum Gasteiger partial charge on any atom is -0.326 e. The van der Waals surface area contributed by atoms with E-state index in [1.807, 2.05) is 49.4 Å². The fraction of sp³-hybridized carbons (Fsp3) is 0.143. The molecule has 1 heterocycles. The zero-order valence-corrected chi connectivity index (χ0v) is 17.2. The van der Waals surface area contributed by atoms with Crippen LogP contribution in [0.15, 0.2) is 64.8 Å². The first-order valence-electron chi connectivity index (χ1n) is 8.87. The maximum absolute atomic E-state index is 12.2. The Morgan fingerprint density at radius 2 is 2.07 bits per heavy atom. The molecule has 0 aliphatic carbocycles. The van der Waals surface area contributed by atoms with Crippen molar-refractivity contribution in [2.24, 2.45) is 10.2 Å². The fourth-order valence-electron chi connectivity index (χ4n) is 2.48. The van der Waals surface area contributed by atoms with Gasteiger partial charge in [0.2, 0.25) is 11.8 Å². The third kappa shape index (κ3) is 6.30. The Balaban J connectivity index is 1.50. The van der Waals surface area contributed by atoms with Crippen molar-refractivity contribution >= 4 is 58.3 Å². The largest absolute Gasteiger partial charge is 0.326 e. The molecule has 2 N–H and O–H groups in total. The van der Waals surface area contributed by atoms with Crippen LogP contribution in [0.25, 0.3) is 6.08 Å². The van der Waals surface area contributed by atoms with Gasteiger partial charge in [0, 0.05) is 23.3 Å². The van der Waals surface area contributed by atoms with Crippen molar-refractivity contribution in [2.75, 3.05) is 5.32 Å². The van der Waals surface area contributed by atoms with Crippen molar-refractivity contribution in [3.05, 3.63) is 70.8 Å². The van der Waals surface area contributed by atoms with Crippen LogP contribution in [0.3, 0.4) is 0 Å². The lowest BCUT2D eigenvalue weighted by Crippen LogP contribution is -2.28. The van der Waals surface area contributed by atoms with E-state index in [1.54, 1.807) is 18.2 Å². The monoisotopic (exact) mass is 426 g/mol. The van der Waals surface area contributed by atoms with E-state index in [4.69, 9.17) is 11.6 Å². The van der Waals surface area contributed by atoms with Crippen molar-refractivity contribution < 1.29 is 9.59 Å². The maximum atomic E-state index is 12.2. The van der Waals surface area contributed by atoms with Crippen molar-refractivity contribution in [3.8, 4) is 0 Å². The van der Waals surface area contributed by atoms with Crippen molar-refractivity contribution in [1.82, 2.24) is 5.32 Å². The summed E-state index contributed by atoms with van der Waals surface area (Å²) in [5, 5.41) is 13.7. The molecule has 2 amide bonds. The summed E-state index contributed by atoms with van der Waals surface area (Å²) >= 11 is 7.24. The Bertz CT molecular complexity index is 989. The molecule has 1 aliphatic heterocycles. The zero-order valence-electron chi connectivity index (χ0n) is 15.6. The van der Waals surface area contributed by atoms with Gasteiger partial charge in [0.25, 0.3) is 0 Å². The molecule has 148 valence electrons. The number of thioether (sulfide) groups is 1. The van der Waals surface area contributed by atoms with Crippen LogP contribution in [0, 0.1) is 6.92 Å². The molecule has 0 bridgehead atoms. The number of halogens is 1. The Morgan fingerprint density at radius 1 is 1.28 bits per heavy atom. The van der Waals surface area contributed by atoms with Gasteiger partial charge in [-0.2, -0.15) is 5.10 Å². The molecule has 29 heavy (non-hydrogen) atoms. The second-order valence-electron chi connectivity index (χ2n) is 6.25. The number of amidine groups is 1. The van der Waals surface area contributed by atoms with Crippen molar-refractivity contribution in [2.45, 2.75) is 18.6 Å². The van der Waals surface area contributed by atoms with E-state index in [9.17, 15) is 9.59 Å². The van der Waals surface area contributed by atoms with Gasteiger partial charge < -0.3 is 10.6 Å². The molecule has 1 fully saturated rings. The predicted molar refractivity (Wildman–Crippen MR) is 120 cm³/mol. The molecule has 6 nitrogen and oxygen atoms in total. The molecular formula is C21H19ClN4O2S. The summed E-state index contributed by atoms with van der Waals surface area (Å²) in [7, 11) is 0. The molecule has 3 rings (SSSR count). The number of carbonyl (C=O) groups is 2. The Morgan fingerprint density at radius 3 is 2.83 bits per heavy atom. The Kier molecular flexibility index (Phi) is 7.21. The highest BCUT2D eigenvalue weighted by Gasteiger charge is 2.32. The number of nitrogens with one attached hydrogen (secondary N) is 2. The van der Waals surface area contributed by atoms with Gasteiger partial charge in [0.05, 0.1) is 0 Å². The average molecular weight is 427 g/mol. The number of anilines is 1. The van der Waals surface area contributed by atoms with E-state index in [2.05, 4.69) is 20.8 Å². The van der Waals surface area contributed by atoms with Gasteiger partial charge in [-0.15, -0.1) is 5.10 Å². The molecular weight excluding hydrogens is 408 g/mol. The molecule has 1 unspecified atom stereocenters. The second-order valence-corrected chi connectivity index (χ2v) is 7.85. The smallest absolute Gasteiger partial charge is 0.240 e. The molecule has 0 saturated carbocycles. The van der Waals surface area contributed by atoms with E-state index in [-0.39, 0.29) is 18.2 Å². The highest BCUT2D eigenvalue weighted by molar-refractivity contribution is 8.15. The van der Waals surface area contributed by atoms with Crippen LogP contribution in [0.4, 0.5) is 5.69 Å². The number of hydrogen-bond donors (Lipinski definition) is 2. The summed E-state index contributed by atoms with van der Waals surface area (Å²) < 4.78 is 0. The predicted octanol–water partition coefficient (Wildman–Crippen LogP) is 4.26. The van der Waals surface area contributed by atoms with E-state index < -0.39 is 5.25 Å². The lowest BCUT2D eigenvalue weighted by Gasteiger charge is -2.08. The minimum atomic E-state index is -0.551. The number of rotatable bonds is 6. The molecule has 1 atom stereocenters. The molecule has 8 heteroatoms. The quantitative estimate of drug-likeness (QED) is 0.534. The normalized spacial score (nSPS) is 17.9. The molecule has 2 aromatic rings. The highest BCUT2D eigenvalue weighted by atomic mass is 35.5. The SMILES string of the molecule is Cc1ccc(NC(=O)CC2SC(=NN=C/C=C/c3ccccc3)NC2=O)cc1Cl. The van der Waals surface area contributed by atoms with Gasteiger partial charge in [-0.05, 0) is 36.3 Å². The van der Waals surface area contributed by atoms with Gasteiger partial charge in [0.15, 0.2) is 5.17 Å². The maximum Gasteiger partial charge on any atom is 0.240 e. The van der Waals surface area contributed by atoms with E-state index in [0.717, 1.165) is 11.1 Å². The van der Waals surface area contributed by atoms with E-state index in [1.165, 1.54) is 18.0 Å². The Labute approximate surface area is 178 Å². The van der Waals surface area contributed by atoms with E-state index in [0.29, 0.717) is 15.9 Å². The number of allylic oxidation sites excluding steroid dienone is 1. The summed E-state index contributed by atoms with van der Waals surface area (Å²) in [5.41, 5.74) is 2.57. The summed E-state index contributed by atoms with van der Waals surface area (Å²) in [6.45, 7) is 1.88. The summed E-state index contributed by atoms with van der Waals surface area (Å²) in [6, 6.07) is 15.1. The molecule has 0 spiro atoms. The van der Waals surface area contributed by atoms with E-state index >= 15 is 0 Å². The van der Waals surface area contributed by atoms with Crippen LogP contribution in [0.1, 0.15) is 17.5 Å². The van der Waals surface area contributed by atoms with Crippen LogP contribution in [0.5, 0.6) is 0 Å². The van der Waals surface area contributed by atoms with Crippen LogP contribution in [-0.4, -0.2) is 28.4 Å². The van der Waals surface area contributed by atoms with Crippen LogP contribution in [0.2, 0.25) is 5.02 Å². The number of aryl methyl sites for hydroxylation is 1. The van der Waals surface area contributed by atoms with Crippen LogP contribution in [-0.2, 0) is 9.59 Å². The second kappa shape index (κ2) is 10.0. The number of nitrogens with zero attached hydrogens (tertiary/aromatic N) is 2. The van der Waals surface area contributed by atoms with Gasteiger partial charge in [-0.3, -0.25) is 9.59 Å². The van der Waals surface area contributed by atoms with Crippen LogP contribution >= 0.6 is 23.4 Å². The first-order chi connectivity index (χ1) is 14.0. The summed E-state index contributed by atoms with van der Waals surface area (Å²) in [4.78, 5) is 24.3. The summed E-state index contributed by atoms with van der Waals surface area (Å²) in [6.07, 6.45) is 5.22. The minimum absolute atomic E-state index is 0.0264. The Hall–Kier alpha value is -2.90. The van der Waals surface area contributed by atoms with Crippen molar-refractivity contribution in [3.63, 3.8) is 0 Å². The first-order valence-corrected chi connectivity index (χ1v) is 10.1. The molecule has 0 radical (unpaired) electrons. The number of carbonyl (C=O) groups excluding carboxylic acids is 2. The lowest BCUT2D eigenvalue weighted by molar-refractivity contribution is -0.122. The first kappa shape index (κ1) is 20.8. The van der Waals surface area contributed by atoms with Gasteiger partial charge >= 0.3 is 0 Å². The number of amides is 2. The molecule has 0 aromatic heterocycles. The van der Waals surface area contributed by atoms with Gasteiger partial charge in [-0.1, -0.05) is 65.8 Å². The standard InChI is InChI=1S/C21H19ClN4O2S/c1-14-9-10-16(12-17(14)22)24-19(27)13-18-20(28)25-21(29-18)26-23-11-5-8-15-6-3-2-4-7-15/h2-12,18H,13H2,1H3,(H,24,27)(H,25,26,28)/b8-5+,23-11?. The molecule has 1 aliphatic rings. The summed E-state index contributed by atoms with van der Waals surface area (Å²) in [5.74, 6) is -0.533. The topological polar surface area (TPSA) is 82.9 Å². The number of benzene rings is 2. The van der Waals surface area contributed by atoms with Gasteiger partial charge in [0.1, 0.15) is 5.25 Å². The molecule has 1 saturated heterocycles.